The highest BCUT2D eigenvalue weighted by molar-refractivity contribution is 7.98. The molecule has 0 aliphatic heterocycles. The zero-order valence-corrected chi connectivity index (χ0v) is 12.9. The molecule has 0 bridgehead atoms. The van der Waals surface area contributed by atoms with Gasteiger partial charge in [0.25, 0.3) is 0 Å². The normalized spacial score (nSPS) is 10.8. The highest BCUT2D eigenvalue weighted by Gasteiger charge is 2.04. The Hall–Kier alpha value is -1.52. The molecule has 0 radical (unpaired) electrons. The van der Waals surface area contributed by atoms with Gasteiger partial charge in [-0.25, -0.2) is 0 Å². The number of thioether (sulfide) groups is 1. The number of benzene rings is 1. The van der Waals surface area contributed by atoms with Gasteiger partial charge in [-0.3, -0.25) is 4.98 Å². The first kappa shape index (κ1) is 14.9. The number of pyridine rings is 1. The molecule has 0 spiro atoms. The molecule has 0 saturated heterocycles. The average Bonchev–Trinajstić information content (AvgIpc) is 2.46. The zero-order chi connectivity index (χ0) is 14.4. The van der Waals surface area contributed by atoms with Crippen molar-refractivity contribution >= 4 is 11.8 Å². The van der Waals surface area contributed by atoms with Crippen molar-refractivity contribution in [3.8, 4) is 11.5 Å². The number of hydrogen-bond donors (Lipinski definition) is 1. The summed E-state index contributed by atoms with van der Waals surface area (Å²) in [6.07, 6.45) is 3.83. The third-order valence-corrected chi connectivity index (χ3v) is 3.55. The van der Waals surface area contributed by atoms with Crippen molar-refractivity contribution < 1.29 is 4.74 Å². The second-order valence-corrected chi connectivity index (χ2v) is 5.62. The third kappa shape index (κ3) is 4.25. The van der Waals surface area contributed by atoms with Crippen molar-refractivity contribution in [1.29, 1.82) is 0 Å². The predicted molar refractivity (Wildman–Crippen MR) is 84.5 cm³/mol. The van der Waals surface area contributed by atoms with E-state index in [1.165, 1.54) is 0 Å². The molecular formula is C16H20N2OS. The lowest BCUT2D eigenvalue weighted by atomic mass is 10.3. The van der Waals surface area contributed by atoms with Crippen LogP contribution in [0, 0.1) is 0 Å². The van der Waals surface area contributed by atoms with Gasteiger partial charge in [0.2, 0.25) is 0 Å². The van der Waals surface area contributed by atoms with Gasteiger partial charge in [0.15, 0.2) is 0 Å². The maximum absolute atomic E-state index is 5.96. The Balaban J connectivity index is 2.11. The first-order valence-electron chi connectivity index (χ1n) is 6.68. The smallest absolute Gasteiger partial charge is 0.140 e. The average molecular weight is 288 g/mol. The zero-order valence-electron chi connectivity index (χ0n) is 12.1. The topological polar surface area (TPSA) is 34.1 Å². The summed E-state index contributed by atoms with van der Waals surface area (Å²) in [5.41, 5.74) is 0.984. The molecule has 1 N–H and O–H groups in total. The van der Waals surface area contributed by atoms with Gasteiger partial charge in [-0.1, -0.05) is 26.0 Å². The molecule has 0 fully saturated rings. The van der Waals surface area contributed by atoms with E-state index in [2.05, 4.69) is 30.2 Å². The van der Waals surface area contributed by atoms with Gasteiger partial charge >= 0.3 is 0 Å². The van der Waals surface area contributed by atoms with E-state index in [0.717, 1.165) is 28.6 Å². The van der Waals surface area contributed by atoms with Crippen molar-refractivity contribution in [1.82, 2.24) is 10.3 Å². The summed E-state index contributed by atoms with van der Waals surface area (Å²) >= 11 is 1.68. The van der Waals surface area contributed by atoms with Gasteiger partial charge in [0, 0.05) is 29.7 Å². The van der Waals surface area contributed by atoms with E-state index in [0.29, 0.717) is 6.04 Å². The van der Waals surface area contributed by atoms with Crippen LogP contribution in [0.3, 0.4) is 0 Å². The Labute approximate surface area is 124 Å². The van der Waals surface area contributed by atoms with E-state index >= 15 is 0 Å². The van der Waals surface area contributed by atoms with E-state index in [4.69, 9.17) is 4.74 Å². The van der Waals surface area contributed by atoms with Crippen LogP contribution in [-0.4, -0.2) is 17.3 Å². The summed E-state index contributed by atoms with van der Waals surface area (Å²) in [6, 6.07) is 12.3. The number of rotatable bonds is 6. The van der Waals surface area contributed by atoms with Crippen molar-refractivity contribution in [3.05, 3.63) is 48.3 Å². The standard InChI is InChI=1S/C16H20N2OS/c1-12(2)18-11-13-10-14(8-9-17-13)19-15-6-4-5-7-16(15)20-3/h4-10,12,18H,11H2,1-3H3. The summed E-state index contributed by atoms with van der Waals surface area (Å²) in [6.45, 7) is 4.99. The first-order valence-corrected chi connectivity index (χ1v) is 7.90. The van der Waals surface area contributed by atoms with Crippen LogP contribution >= 0.6 is 11.8 Å². The van der Waals surface area contributed by atoms with E-state index in [1.54, 1.807) is 18.0 Å². The fourth-order valence-corrected chi connectivity index (χ4v) is 2.28. The van der Waals surface area contributed by atoms with Crippen LogP contribution < -0.4 is 10.1 Å². The molecule has 0 amide bonds. The summed E-state index contributed by atoms with van der Waals surface area (Å²) < 4.78 is 5.96. The lowest BCUT2D eigenvalue weighted by Crippen LogP contribution is -2.22. The maximum atomic E-state index is 5.96. The molecule has 2 aromatic rings. The van der Waals surface area contributed by atoms with Crippen LogP contribution in [0.2, 0.25) is 0 Å². The number of ether oxygens (including phenoxy) is 1. The van der Waals surface area contributed by atoms with Crippen LogP contribution in [0.15, 0.2) is 47.5 Å². The molecule has 2 rings (SSSR count). The Morgan fingerprint density at radius 1 is 1.25 bits per heavy atom. The van der Waals surface area contributed by atoms with Gasteiger partial charge in [-0.2, -0.15) is 0 Å². The minimum Gasteiger partial charge on any atom is -0.456 e. The van der Waals surface area contributed by atoms with E-state index < -0.39 is 0 Å². The van der Waals surface area contributed by atoms with Crippen LogP contribution in [0.1, 0.15) is 19.5 Å². The van der Waals surface area contributed by atoms with Crippen molar-refractivity contribution in [2.45, 2.75) is 31.3 Å². The molecule has 4 heteroatoms. The summed E-state index contributed by atoms with van der Waals surface area (Å²) in [4.78, 5) is 5.48. The molecule has 1 heterocycles. The minimum atomic E-state index is 0.443. The highest BCUT2D eigenvalue weighted by atomic mass is 32.2. The lowest BCUT2D eigenvalue weighted by molar-refractivity contribution is 0.468. The molecule has 20 heavy (non-hydrogen) atoms. The minimum absolute atomic E-state index is 0.443. The summed E-state index contributed by atoms with van der Waals surface area (Å²) in [7, 11) is 0. The molecule has 106 valence electrons. The van der Waals surface area contributed by atoms with Gasteiger partial charge in [0.05, 0.1) is 5.69 Å². The third-order valence-electron chi connectivity index (χ3n) is 2.78. The fourth-order valence-electron chi connectivity index (χ4n) is 1.75. The fraction of sp³-hybridized carbons (Fsp3) is 0.312. The lowest BCUT2D eigenvalue weighted by Gasteiger charge is -2.11. The van der Waals surface area contributed by atoms with E-state index in [-0.39, 0.29) is 0 Å². The number of nitrogens with zero attached hydrogens (tertiary/aromatic N) is 1. The van der Waals surface area contributed by atoms with Crippen LogP contribution in [0.4, 0.5) is 0 Å². The molecule has 0 unspecified atom stereocenters. The molecule has 0 saturated carbocycles. The molecule has 3 nitrogen and oxygen atoms in total. The Morgan fingerprint density at radius 2 is 2.05 bits per heavy atom. The molecule has 1 aromatic carbocycles. The second kappa shape index (κ2) is 7.31. The maximum Gasteiger partial charge on any atom is 0.140 e. The summed E-state index contributed by atoms with van der Waals surface area (Å²) in [5, 5.41) is 3.35. The number of aromatic nitrogens is 1. The number of nitrogens with one attached hydrogen (secondary N) is 1. The van der Waals surface area contributed by atoms with Crippen LogP contribution in [-0.2, 0) is 6.54 Å². The molecule has 0 aliphatic rings. The Morgan fingerprint density at radius 3 is 2.80 bits per heavy atom. The van der Waals surface area contributed by atoms with E-state index in [1.807, 2.05) is 36.6 Å². The van der Waals surface area contributed by atoms with Gasteiger partial charge in [-0.05, 0) is 24.5 Å². The van der Waals surface area contributed by atoms with Crippen LogP contribution in [0.5, 0.6) is 11.5 Å². The largest absolute Gasteiger partial charge is 0.456 e. The molecular weight excluding hydrogens is 268 g/mol. The van der Waals surface area contributed by atoms with Crippen LogP contribution in [0.25, 0.3) is 0 Å². The quantitative estimate of drug-likeness (QED) is 0.812. The highest BCUT2D eigenvalue weighted by Crippen LogP contribution is 2.31. The van der Waals surface area contributed by atoms with Crippen molar-refractivity contribution in [3.63, 3.8) is 0 Å². The SMILES string of the molecule is CSc1ccccc1Oc1ccnc(CNC(C)C)c1. The Kier molecular flexibility index (Phi) is 5.44. The van der Waals surface area contributed by atoms with Gasteiger partial charge in [-0.15, -0.1) is 11.8 Å². The first-order chi connectivity index (χ1) is 9.69. The number of para-hydroxylation sites is 1. The van der Waals surface area contributed by atoms with Crippen molar-refractivity contribution in [2.24, 2.45) is 0 Å². The predicted octanol–water partition coefficient (Wildman–Crippen LogP) is 4.09. The second-order valence-electron chi connectivity index (χ2n) is 4.77. The molecule has 1 aromatic heterocycles. The Bertz CT molecular complexity index is 558. The van der Waals surface area contributed by atoms with E-state index in [9.17, 15) is 0 Å². The van der Waals surface area contributed by atoms with Crippen molar-refractivity contribution in [2.75, 3.05) is 6.26 Å². The molecule has 0 aliphatic carbocycles. The molecule has 0 atom stereocenters. The number of hydrogen-bond acceptors (Lipinski definition) is 4. The van der Waals surface area contributed by atoms with Gasteiger partial charge in [0.1, 0.15) is 11.5 Å². The monoisotopic (exact) mass is 288 g/mol. The summed E-state index contributed by atoms with van der Waals surface area (Å²) in [5.74, 6) is 1.70. The van der Waals surface area contributed by atoms with Gasteiger partial charge < -0.3 is 10.1 Å².